The summed E-state index contributed by atoms with van der Waals surface area (Å²) < 4.78 is 0.773. The molecule has 1 rings (SSSR count). The zero-order chi connectivity index (χ0) is 10.7. The van der Waals surface area contributed by atoms with E-state index in [0.29, 0.717) is 5.69 Å². The average Bonchev–Trinajstić information content (AvgIpc) is 2.10. The molecule has 0 saturated carbocycles. The van der Waals surface area contributed by atoms with Gasteiger partial charge in [-0.05, 0) is 19.9 Å². The third kappa shape index (κ3) is 2.29. The first kappa shape index (κ1) is 10.7. The molecule has 1 heterocycles. The summed E-state index contributed by atoms with van der Waals surface area (Å²) in [5, 5.41) is 27.5. The average molecular weight is 194 g/mol. The number of aliphatic hydroxyl groups excluding tert-OH is 1. The molecule has 76 valence electrons. The van der Waals surface area contributed by atoms with Crippen LogP contribution in [0.25, 0.3) is 0 Å². The molecule has 2 N–H and O–H groups in total. The molecule has 0 radical (unpaired) electrons. The summed E-state index contributed by atoms with van der Waals surface area (Å²) in [5.41, 5.74) is 2.45. The summed E-state index contributed by atoms with van der Waals surface area (Å²) in [4.78, 5) is 0. The summed E-state index contributed by atoms with van der Waals surface area (Å²) >= 11 is 0. The Morgan fingerprint density at radius 3 is 2.71 bits per heavy atom. The van der Waals surface area contributed by atoms with Crippen LogP contribution in [0.2, 0.25) is 0 Å². The van der Waals surface area contributed by atoms with Crippen LogP contribution in [-0.4, -0.2) is 17.4 Å². The predicted octanol–water partition coefficient (Wildman–Crippen LogP) is 0.491. The Morgan fingerprint density at radius 1 is 1.57 bits per heavy atom. The third-order valence-electron chi connectivity index (χ3n) is 2.06. The molecule has 0 aliphatic carbocycles. The van der Waals surface area contributed by atoms with Gasteiger partial charge in [-0.2, -0.15) is 4.73 Å². The van der Waals surface area contributed by atoms with E-state index >= 15 is 0 Å². The van der Waals surface area contributed by atoms with Gasteiger partial charge in [-0.3, -0.25) is 0 Å². The van der Waals surface area contributed by atoms with Crippen LogP contribution in [0.5, 0.6) is 0 Å². The number of nitrogens with zero attached hydrogens (tertiary/aromatic N) is 1. The van der Waals surface area contributed by atoms with E-state index in [-0.39, 0.29) is 18.7 Å². The molecule has 0 fully saturated rings. The zero-order valence-electron chi connectivity index (χ0n) is 8.37. The van der Waals surface area contributed by atoms with E-state index in [0.717, 1.165) is 15.9 Å². The van der Waals surface area contributed by atoms with Gasteiger partial charge in [0.2, 0.25) is 5.69 Å². The van der Waals surface area contributed by atoms with Crippen molar-refractivity contribution in [2.24, 2.45) is 0 Å². The van der Waals surface area contributed by atoms with Gasteiger partial charge >= 0.3 is 0 Å². The molecule has 0 aromatic carbocycles. The number of nitrogens with one attached hydrogen (secondary N) is 1. The molecule has 0 saturated heterocycles. The third-order valence-corrected chi connectivity index (χ3v) is 2.06. The lowest BCUT2D eigenvalue weighted by atomic mass is 10.1. The van der Waals surface area contributed by atoms with Crippen molar-refractivity contribution < 1.29 is 9.84 Å². The van der Waals surface area contributed by atoms with Crippen LogP contribution in [0.4, 0.5) is 0 Å². The van der Waals surface area contributed by atoms with Crippen molar-refractivity contribution in [3.8, 4) is 0 Å². The standard InChI is InChI=1S/C10H14N2O2/c1-7-3-8(2)10(12(14)5-7)4-9(11)6-13/h3,5,11,13H,4,6H2,1-2H3. The smallest absolute Gasteiger partial charge is 0.201 e. The van der Waals surface area contributed by atoms with Crippen molar-refractivity contribution in [3.05, 3.63) is 34.3 Å². The van der Waals surface area contributed by atoms with Crippen molar-refractivity contribution in [1.82, 2.24) is 0 Å². The quantitative estimate of drug-likeness (QED) is 0.417. The second-order valence-corrected chi connectivity index (χ2v) is 3.41. The van der Waals surface area contributed by atoms with E-state index < -0.39 is 0 Å². The number of aliphatic hydroxyl groups is 1. The highest BCUT2D eigenvalue weighted by Crippen LogP contribution is 2.06. The fraction of sp³-hybridized carbons (Fsp3) is 0.400. The highest BCUT2D eigenvalue weighted by Gasteiger charge is 2.12. The van der Waals surface area contributed by atoms with Crippen molar-refractivity contribution >= 4 is 5.71 Å². The molecule has 4 heteroatoms. The molecule has 0 aliphatic heterocycles. The molecule has 0 bridgehead atoms. The number of pyridine rings is 1. The first-order chi connectivity index (χ1) is 6.54. The lowest BCUT2D eigenvalue weighted by Crippen LogP contribution is -2.34. The summed E-state index contributed by atoms with van der Waals surface area (Å²) in [6, 6.07) is 1.90. The van der Waals surface area contributed by atoms with E-state index in [1.807, 2.05) is 19.9 Å². The minimum Gasteiger partial charge on any atom is -0.618 e. The maximum atomic E-state index is 11.5. The normalized spacial score (nSPS) is 10.2. The predicted molar refractivity (Wildman–Crippen MR) is 53.4 cm³/mol. The fourth-order valence-corrected chi connectivity index (χ4v) is 1.37. The molecule has 0 amide bonds. The Labute approximate surface area is 82.9 Å². The number of hydrogen-bond donors (Lipinski definition) is 2. The fourth-order valence-electron chi connectivity index (χ4n) is 1.37. The number of aryl methyl sites for hydroxylation is 2. The minimum atomic E-state index is -0.298. The Kier molecular flexibility index (Phi) is 3.19. The lowest BCUT2D eigenvalue weighted by Gasteiger charge is -2.08. The Bertz CT molecular complexity index is 338. The van der Waals surface area contributed by atoms with Gasteiger partial charge in [-0.15, -0.1) is 0 Å². The van der Waals surface area contributed by atoms with Crippen molar-refractivity contribution in [1.29, 1.82) is 5.41 Å². The first-order valence-electron chi connectivity index (χ1n) is 4.41. The van der Waals surface area contributed by atoms with Gasteiger partial charge in [0.1, 0.15) is 0 Å². The molecule has 1 aromatic rings. The van der Waals surface area contributed by atoms with Crippen molar-refractivity contribution in [2.75, 3.05) is 6.61 Å². The topological polar surface area (TPSA) is 71.0 Å². The second-order valence-electron chi connectivity index (χ2n) is 3.41. The first-order valence-corrected chi connectivity index (χ1v) is 4.41. The van der Waals surface area contributed by atoms with Gasteiger partial charge in [0, 0.05) is 16.8 Å². The van der Waals surface area contributed by atoms with Gasteiger partial charge < -0.3 is 15.7 Å². The summed E-state index contributed by atoms with van der Waals surface area (Å²) in [6.07, 6.45) is 1.69. The lowest BCUT2D eigenvalue weighted by molar-refractivity contribution is -0.613. The monoisotopic (exact) mass is 194 g/mol. The van der Waals surface area contributed by atoms with Gasteiger partial charge in [-0.1, -0.05) is 0 Å². The molecular weight excluding hydrogens is 180 g/mol. The highest BCUT2D eigenvalue weighted by molar-refractivity contribution is 5.84. The largest absolute Gasteiger partial charge is 0.618 e. The van der Waals surface area contributed by atoms with Gasteiger partial charge in [-0.25, -0.2) is 0 Å². The summed E-state index contributed by atoms with van der Waals surface area (Å²) in [5.74, 6) is 0. The molecule has 0 spiro atoms. The SMILES string of the molecule is Cc1cc(C)c(CC(=N)CO)[n+]([O-])c1. The molecule has 14 heavy (non-hydrogen) atoms. The van der Waals surface area contributed by atoms with Crippen LogP contribution in [0.1, 0.15) is 16.8 Å². The van der Waals surface area contributed by atoms with Crippen LogP contribution in [0.3, 0.4) is 0 Å². The molecular formula is C10H14N2O2. The molecule has 0 atom stereocenters. The maximum absolute atomic E-state index is 11.5. The summed E-state index contributed by atoms with van der Waals surface area (Å²) in [7, 11) is 0. The number of aromatic nitrogens is 1. The Hall–Kier alpha value is -1.42. The second kappa shape index (κ2) is 4.19. The number of hydrogen-bond acceptors (Lipinski definition) is 3. The van der Waals surface area contributed by atoms with Crippen molar-refractivity contribution in [3.63, 3.8) is 0 Å². The van der Waals surface area contributed by atoms with Crippen LogP contribution >= 0.6 is 0 Å². The number of rotatable bonds is 3. The van der Waals surface area contributed by atoms with Gasteiger partial charge in [0.25, 0.3) is 0 Å². The van der Waals surface area contributed by atoms with Crippen LogP contribution in [0, 0.1) is 24.5 Å². The van der Waals surface area contributed by atoms with Crippen LogP contribution in [0.15, 0.2) is 12.3 Å². The van der Waals surface area contributed by atoms with Gasteiger partial charge in [0.05, 0.1) is 13.0 Å². The summed E-state index contributed by atoms with van der Waals surface area (Å²) in [6.45, 7) is 3.39. The van der Waals surface area contributed by atoms with E-state index in [9.17, 15) is 5.21 Å². The molecule has 4 nitrogen and oxygen atoms in total. The van der Waals surface area contributed by atoms with Gasteiger partial charge in [0.15, 0.2) is 6.20 Å². The van der Waals surface area contributed by atoms with Crippen LogP contribution in [-0.2, 0) is 6.42 Å². The van der Waals surface area contributed by atoms with E-state index in [4.69, 9.17) is 10.5 Å². The van der Waals surface area contributed by atoms with E-state index in [1.54, 1.807) is 0 Å². The van der Waals surface area contributed by atoms with E-state index in [2.05, 4.69) is 0 Å². The van der Waals surface area contributed by atoms with Crippen molar-refractivity contribution in [2.45, 2.75) is 20.3 Å². The molecule has 1 aromatic heterocycles. The minimum absolute atomic E-state index is 0.154. The highest BCUT2D eigenvalue weighted by atomic mass is 16.5. The van der Waals surface area contributed by atoms with E-state index in [1.165, 1.54) is 6.20 Å². The maximum Gasteiger partial charge on any atom is 0.201 e. The Balaban J connectivity index is 3.02. The Morgan fingerprint density at radius 2 is 2.21 bits per heavy atom. The molecule has 0 unspecified atom stereocenters. The zero-order valence-corrected chi connectivity index (χ0v) is 8.37. The van der Waals surface area contributed by atoms with Crippen LogP contribution < -0.4 is 4.73 Å². The molecule has 0 aliphatic rings.